The van der Waals surface area contributed by atoms with Gasteiger partial charge >= 0.3 is 5.97 Å². The van der Waals surface area contributed by atoms with Crippen molar-refractivity contribution in [3.8, 4) is 0 Å². The van der Waals surface area contributed by atoms with Crippen LogP contribution in [0.2, 0.25) is 0 Å². The topological polar surface area (TPSA) is 92.6 Å². The van der Waals surface area contributed by atoms with E-state index in [2.05, 4.69) is 15.1 Å². The number of aromatic amines is 1. The molecule has 8 heteroatoms. The summed E-state index contributed by atoms with van der Waals surface area (Å²) in [5.74, 6) is 0.0339. The van der Waals surface area contributed by atoms with E-state index in [1.807, 2.05) is 11.8 Å². The van der Waals surface area contributed by atoms with Crippen molar-refractivity contribution in [1.29, 1.82) is 0 Å². The number of carbonyl (C=O) groups excluding carboxylic acids is 1. The molecule has 0 fully saturated rings. The van der Waals surface area contributed by atoms with Crippen LogP contribution in [0.5, 0.6) is 0 Å². The molecule has 0 bridgehead atoms. The molecule has 0 aliphatic rings. The maximum Gasteiger partial charge on any atom is 0.320 e. The van der Waals surface area contributed by atoms with Crippen LogP contribution in [-0.4, -0.2) is 50.1 Å². The lowest BCUT2D eigenvalue weighted by atomic mass is 10.3. The second-order valence-electron chi connectivity index (χ2n) is 4.22. The van der Waals surface area contributed by atoms with E-state index in [1.165, 1.54) is 16.9 Å². The molecule has 1 N–H and O–H groups in total. The van der Waals surface area contributed by atoms with E-state index in [0.717, 1.165) is 0 Å². The van der Waals surface area contributed by atoms with Crippen LogP contribution in [0, 0.1) is 0 Å². The molecule has 0 aliphatic heterocycles. The molecule has 0 radical (unpaired) electrons. The second-order valence-corrected chi connectivity index (χ2v) is 4.22. The Kier molecular flexibility index (Phi) is 4.46. The third-order valence-electron chi connectivity index (χ3n) is 2.81. The lowest BCUT2D eigenvalue weighted by Crippen LogP contribution is -2.31. The fraction of sp³-hybridized carbons (Fsp3) is 0.500. The highest BCUT2D eigenvalue weighted by Crippen LogP contribution is 2.01. The normalized spacial score (nSPS) is 11.2. The van der Waals surface area contributed by atoms with Crippen LogP contribution in [0.4, 0.5) is 0 Å². The summed E-state index contributed by atoms with van der Waals surface area (Å²) < 4.78 is 6.16. The van der Waals surface area contributed by atoms with E-state index in [-0.39, 0.29) is 18.1 Å². The fourth-order valence-electron chi connectivity index (χ4n) is 1.85. The first-order chi connectivity index (χ1) is 9.63. The van der Waals surface area contributed by atoms with Gasteiger partial charge in [-0.25, -0.2) is 9.97 Å². The van der Waals surface area contributed by atoms with Crippen molar-refractivity contribution in [2.24, 2.45) is 0 Å². The van der Waals surface area contributed by atoms with Gasteiger partial charge in [0.1, 0.15) is 6.33 Å². The van der Waals surface area contributed by atoms with Gasteiger partial charge in [0.2, 0.25) is 0 Å². The zero-order valence-electron chi connectivity index (χ0n) is 11.5. The maximum absolute atomic E-state index is 11.8. The highest BCUT2D eigenvalue weighted by molar-refractivity contribution is 5.71. The molecular weight excluding hydrogens is 262 g/mol. The first kappa shape index (κ1) is 14.2. The Morgan fingerprint density at radius 1 is 1.50 bits per heavy atom. The average Bonchev–Trinajstić information content (AvgIpc) is 2.87. The molecule has 2 aromatic rings. The largest absolute Gasteiger partial charge is 0.465 e. The molecular formula is C12H17N5O3. The Labute approximate surface area is 115 Å². The summed E-state index contributed by atoms with van der Waals surface area (Å²) >= 11 is 0. The Hall–Kier alpha value is -2.22. The molecule has 0 amide bonds. The van der Waals surface area contributed by atoms with Crippen molar-refractivity contribution in [1.82, 2.24) is 24.5 Å². The first-order valence-corrected chi connectivity index (χ1v) is 6.44. The summed E-state index contributed by atoms with van der Waals surface area (Å²) in [6.07, 6.45) is 1.41. The minimum atomic E-state index is -0.285. The van der Waals surface area contributed by atoms with E-state index < -0.39 is 0 Å². The van der Waals surface area contributed by atoms with Gasteiger partial charge in [0, 0.05) is 12.6 Å². The van der Waals surface area contributed by atoms with Gasteiger partial charge in [-0.2, -0.15) is 4.52 Å². The zero-order valence-corrected chi connectivity index (χ0v) is 11.5. The Bertz CT molecular complexity index is 648. The third-order valence-corrected chi connectivity index (χ3v) is 2.81. The summed E-state index contributed by atoms with van der Waals surface area (Å²) in [6.45, 7) is 5.27. The summed E-state index contributed by atoms with van der Waals surface area (Å²) in [6, 6.07) is 1.43. The summed E-state index contributed by atoms with van der Waals surface area (Å²) in [5, 5.41) is 2.67. The molecule has 8 nitrogen and oxygen atoms in total. The highest BCUT2D eigenvalue weighted by atomic mass is 16.5. The van der Waals surface area contributed by atoms with Crippen LogP contribution >= 0.6 is 0 Å². The van der Waals surface area contributed by atoms with Gasteiger partial charge in [0.15, 0.2) is 0 Å². The van der Waals surface area contributed by atoms with Crippen LogP contribution in [-0.2, 0) is 16.1 Å². The number of H-pyrrole nitrogens is 1. The number of fused-ring (bicyclic) bond motifs is 1. The molecule has 0 saturated heterocycles. The quantitative estimate of drug-likeness (QED) is 0.736. The summed E-state index contributed by atoms with van der Waals surface area (Å²) in [4.78, 5) is 33.3. The van der Waals surface area contributed by atoms with Crippen molar-refractivity contribution in [3.05, 3.63) is 28.4 Å². The van der Waals surface area contributed by atoms with E-state index in [9.17, 15) is 9.59 Å². The van der Waals surface area contributed by atoms with Crippen molar-refractivity contribution in [3.63, 3.8) is 0 Å². The number of likely N-dealkylation sites (N-methyl/N-ethyl adjacent to an activating group) is 1. The van der Waals surface area contributed by atoms with Crippen LogP contribution < -0.4 is 5.56 Å². The molecule has 0 spiro atoms. The second kappa shape index (κ2) is 6.29. The van der Waals surface area contributed by atoms with Gasteiger partial charge in [-0.1, -0.05) is 6.92 Å². The van der Waals surface area contributed by atoms with E-state index >= 15 is 0 Å². The number of nitrogens with zero attached hydrogens (tertiary/aromatic N) is 4. The predicted octanol–water partition coefficient (Wildman–Crippen LogP) is -0.197. The van der Waals surface area contributed by atoms with Gasteiger partial charge in [0.25, 0.3) is 11.3 Å². The zero-order chi connectivity index (χ0) is 14.5. The number of hydrogen-bond acceptors (Lipinski definition) is 6. The molecule has 2 heterocycles. The Morgan fingerprint density at radius 2 is 2.30 bits per heavy atom. The summed E-state index contributed by atoms with van der Waals surface area (Å²) in [7, 11) is 0. The molecule has 2 aromatic heterocycles. The number of esters is 1. The van der Waals surface area contributed by atoms with Crippen LogP contribution in [0.1, 0.15) is 19.5 Å². The number of aromatic nitrogens is 4. The van der Waals surface area contributed by atoms with Crippen LogP contribution in [0.15, 0.2) is 17.2 Å². The van der Waals surface area contributed by atoms with Crippen molar-refractivity contribution in [2.75, 3.05) is 19.7 Å². The number of carbonyl (C=O) groups is 1. The van der Waals surface area contributed by atoms with Crippen molar-refractivity contribution in [2.45, 2.75) is 20.4 Å². The first-order valence-electron chi connectivity index (χ1n) is 6.44. The van der Waals surface area contributed by atoms with Gasteiger partial charge in [0.05, 0.1) is 18.8 Å². The average molecular weight is 279 g/mol. The van der Waals surface area contributed by atoms with Crippen molar-refractivity contribution >= 4 is 11.7 Å². The van der Waals surface area contributed by atoms with Gasteiger partial charge in [-0.3, -0.25) is 19.6 Å². The number of rotatable bonds is 6. The number of ether oxygens (including phenoxy) is 1. The highest BCUT2D eigenvalue weighted by Gasteiger charge is 2.12. The lowest BCUT2D eigenvalue weighted by molar-refractivity contribution is -0.144. The minimum absolute atomic E-state index is 0.173. The van der Waals surface area contributed by atoms with Gasteiger partial charge in [-0.15, -0.1) is 0 Å². The maximum atomic E-state index is 11.8. The molecule has 0 aliphatic carbocycles. The molecule has 0 saturated carbocycles. The predicted molar refractivity (Wildman–Crippen MR) is 71.2 cm³/mol. The van der Waals surface area contributed by atoms with Gasteiger partial charge < -0.3 is 4.74 Å². The molecule has 0 unspecified atom stereocenters. The van der Waals surface area contributed by atoms with E-state index in [1.54, 1.807) is 6.92 Å². The molecule has 20 heavy (non-hydrogen) atoms. The molecule has 0 aromatic carbocycles. The van der Waals surface area contributed by atoms with Crippen molar-refractivity contribution < 1.29 is 9.53 Å². The van der Waals surface area contributed by atoms with Crippen LogP contribution in [0.3, 0.4) is 0 Å². The standard InChI is InChI=1S/C12H17N5O3/c1-3-16(7-11(19)20-4-2)6-9-5-10(18)17-12(15-9)13-8-14-17/h5,8H,3-4,6-7H2,1-2H3,(H,13,14,15). The van der Waals surface area contributed by atoms with Crippen LogP contribution in [0.25, 0.3) is 5.78 Å². The fourth-order valence-corrected chi connectivity index (χ4v) is 1.85. The van der Waals surface area contributed by atoms with E-state index in [0.29, 0.717) is 31.2 Å². The molecule has 0 atom stereocenters. The molecule has 2 rings (SSSR count). The lowest BCUT2D eigenvalue weighted by Gasteiger charge is -2.18. The summed E-state index contributed by atoms with van der Waals surface area (Å²) in [5.41, 5.74) is 0.350. The van der Waals surface area contributed by atoms with Gasteiger partial charge in [-0.05, 0) is 13.5 Å². The monoisotopic (exact) mass is 279 g/mol. The Balaban J connectivity index is 2.12. The smallest absolute Gasteiger partial charge is 0.320 e. The van der Waals surface area contributed by atoms with E-state index in [4.69, 9.17) is 4.74 Å². The molecule has 108 valence electrons. The Morgan fingerprint density at radius 3 is 3.00 bits per heavy atom. The number of hydrogen-bond donors (Lipinski definition) is 1. The minimum Gasteiger partial charge on any atom is -0.465 e. The number of nitrogens with one attached hydrogen (secondary N) is 1. The third kappa shape index (κ3) is 3.21. The SMILES string of the molecule is CCOC(=O)CN(CC)Cc1cc(=O)n2[nH]cnc2n1.